The van der Waals surface area contributed by atoms with Gasteiger partial charge in [0.15, 0.2) is 0 Å². The Morgan fingerprint density at radius 3 is 2.65 bits per heavy atom. The number of imide groups is 1. The molecule has 3 rings (SSSR count). The second-order valence-electron chi connectivity index (χ2n) is 4.93. The van der Waals surface area contributed by atoms with E-state index in [4.69, 9.17) is 0 Å². The lowest BCUT2D eigenvalue weighted by Crippen LogP contribution is -2.35. The number of nitrogens with one attached hydrogen (secondary N) is 1. The van der Waals surface area contributed by atoms with Gasteiger partial charge in [0.25, 0.3) is 11.8 Å². The van der Waals surface area contributed by atoms with Gasteiger partial charge in [-0.25, -0.2) is 0 Å². The third-order valence-corrected chi connectivity index (χ3v) is 4.22. The lowest BCUT2D eigenvalue weighted by molar-refractivity contribution is 0.0844. The van der Waals surface area contributed by atoms with Crippen LogP contribution in [0.1, 0.15) is 39.1 Å². The maximum absolute atomic E-state index is 12.2. The molecule has 2 amide bonds. The maximum atomic E-state index is 12.2. The van der Waals surface area contributed by atoms with E-state index in [0.717, 1.165) is 40.9 Å². The number of benzene rings is 2. The molecule has 0 radical (unpaired) electrons. The highest BCUT2D eigenvalue weighted by atomic mass is 79.9. The summed E-state index contributed by atoms with van der Waals surface area (Å²) < 4.78 is 0. The standard InChI is InChI=1S/C16H14BrNO2/c17-9-2-1-4-11-8-7-10-5-3-6-12-13(10)14(11)16(20)18-15(12)19/h3,5-8H,1-2,4,9H2,(H,18,19,20). The monoisotopic (exact) mass is 331 g/mol. The van der Waals surface area contributed by atoms with Crippen molar-refractivity contribution in [1.82, 2.24) is 5.32 Å². The largest absolute Gasteiger partial charge is 0.288 e. The first-order valence-electron chi connectivity index (χ1n) is 6.68. The predicted molar refractivity (Wildman–Crippen MR) is 82.5 cm³/mol. The maximum Gasteiger partial charge on any atom is 0.259 e. The van der Waals surface area contributed by atoms with Gasteiger partial charge in [-0.1, -0.05) is 40.2 Å². The van der Waals surface area contributed by atoms with Crippen molar-refractivity contribution in [3.63, 3.8) is 0 Å². The van der Waals surface area contributed by atoms with Gasteiger partial charge in [0.1, 0.15) is 0 Å². The first kappa shape index (κ1) is 13.3. The molecule has 4 heteroatoms. The summed E-state index contributed by atoms with van der Waals surface area (Å²) in [6, 6.07) is 9.57. The third-order valence-electron chi connectivity index (χ3n) is 3.66. The summed E-state index contributed by atoms with van der Waals surface area (Å²) in [6.07, 6.45) is 2.94. The molecule has 2 aromatic rings. The number of rotatable bonds is 4. The number of carbonyl (C=O) groups is 2. The normalized spacial score (nSPS) is 13.7. The molecule has 102 valence electrons. The molecule has 2 aromatic carbocycles. The highest BCUT2D eigenvalue weighted by Gasteiger charge is 2.26. The molecule has 20 heavy (non-hydrogen) atoms. The summed E-state index contributed by atoms with van der Waals surface area (Å²) in [4.78, 5) is 24.1. The molecule has 1 aliphatic rings. The van der Waals surface area contributed by atoms with Crippen LogP contribution in [0.5, 0.6) is 0 Å². The molecule has 0 saturated carbocycles. The zero-order chi connectivity index (χ0) is 14.1. The number of alkyl halides is 1. The number of halogens is 1. The summed E-state index contributed by atoms with van der Waals surface area (Å²) in [6.45, 7) is 0. The highest BCUT2D eigenvalue weighted by molar-refractivity contribution is 9.09. The van der Waals surface area contributed by atoms with E-state index in [1.165, 1.54) is 0 Å². The van der Waals surface area contributed by atoms with E-state index >= 15 is 0 Å². The van der Waals surface area contributed by atoms with Gasteiger partial charge < -0.3 is 0 Å². The molecule has 0 aromatic heterocycles. The van der Waals surface area contributed by atoms with Crippen LogP contribution in [0, 0.1) is 0 Å². The van der Waals surface area contributed by atoms with Gasteiger partial charge in [-0.3, -0.25) is 14.9 Å². The van der Waals surface area contributed by atoms with Crippen molar-refractivity contribution in [3.8, 4) is 0 Å². The molecular weight excluding hydrogens is 318 g/mol. The van der Waals surface area contributed by atoms with Gasteiger partial charge in [-0.2, -0.15) is 0 Å². The molecule has 0 bridgehead atoms. The number of carbonyl (C=O) groups excluding carboxylic acids is 2. The Morgan fingerprint density at radius 2 is 1.85 bits per heavy atom. The fourth-order valence-corrected chi connectivity index (χ4v) is 3.12. The zero-order valence-corrected chi connectivity index (χ0v) is 12.5. The minimum Gasteiger partial charge on any atom is -0.288 e. The van der Waals surface area contributed by atoms with Crippen molar-refractivity contribution < 1.29 is 9.59 Å². The van der Waals surface area contributed by atoms with E-state index in [-0.39, 0.29) is 11.8 Å². The van der Waals surface area contributed by atoms with Gasteiger partial charge in [0, 0.05) is 16.3 Å². The minimum absolute atomic E-state index is 0.270. The molecule has 0 aliphatic carbocycles. The molecule has 1 N–H and O–H groups in total. The van der Waals surface area contributed by atoms with Crippen molar-refractivity contribution >= 4 is 38.5 Å². The van der Waals surface area contributed by atoms with Crippen molar-refractivity contribution in [2.24, 2.45) is 0 Å². The molecule has 0 fully saturated rings. The first-order valence-corrected chi connectivity index (χ1v) is 7.81. The molecule has 0 saturated heterocycles. The van der Waals surface area contributed by atoms with Crippen LogP contribution in [0.3, 0.4) is 0 Å². The van der Waals surface area contributed by atoms with E-state index in [1.54, 1.807) is 6.07 Å². The SMILES string of the molecule is O=C1NC(=O)c2c(CCCCBr)ccc3cccc1c23. The average Bonchev–Trinajstić information content (AvgIpc) is 2.45. The van der Waals surface area contributed by atoms with E-state index in [9.17, 15) is 9.59 Å². The second kappa shape index (κ2) is 5.37. The summed E-state index contributed by atoms with van der Waals surface area (Å²) in [5.41, 5.74) is 2.29. The number of aryl methyl sites for hydroxylation is 1. The van der Waals surface area contributed by atoms with Crippen molar-refractivity contribution in [1.29, 1.82) is 0 Å². The van der Waals surface area contributed by atoms with Crippen molar-refractivity contribution in [3.05, 3.63) is 47.0 Å². The van der Waals surface area contributed by atoms with E-state index in [0.29, 0.717) is 11.1 Å². The van der Waals surface area contributed by atoms with Gasteiger partial charge in [0.2, 0.25) is 0 Å². The summed E-state index contributed by atoms with van der Waals surface area (Å²) in [5.74, 6) is -0.571. The van der Waals surface area contributed by atoms with Crippen molar-refractivity contribution in [2.75, 3.05) is 5.33 Å². The third kappa shape index (κ3) is 2.14. The summed E-state index contributed by atoms with van der Waals surface area (Å²) in [5, 5.41) is 5.16. The predicted octanol–water partition coefficient (Wildman–Crippen LogP) is 3.44. The quantitative estimate of drug-likeness (QED) is 0.530. The van der Waals surface area contributed by atoms with Crippen molar-refractivity contribution in [2.45, 2.75) is 19.3 Å². The Morgan fingerprint density at radius 1 is 1.00 bits per heavy atom. The lowest BCUT2D eigenvalue weighted by atomic mass is 9.90. The van der Waals surface area contributed by atoms with Crippen LogP contribution in [0.4, 0.5) is 0 Å². The highest BCUT2D eigenvalue weighted by Crippen LogP contribution is 2.29. The summed E-state index contributed by atoms with van der Waals surface area (Å²) in [7, 11) is 0. The van der Waals surface area contributed by atoms with E-state index in [1.807, 2.05) is 24.3 Å². The Bertz CT molecular complexity index is 709. The number of unbranched alkanes of at least 4 members (excludes halogenated alkanes) is 1. The van der Waals surface area contributed by atoms with Crippen LogP contribution in [-0.4, -0.2) is 17.1 Å². The number of hydrogen-bond donors (Lipinski definition) is 1. The van der Waals surface area contributed by atoms with Crippen LogP contribution in [0.25, 0.3) is 10.8 Å². The summed E-state index contributed by atoms with van der Waals surface area (Å²) >= 11 is 3.42. The Labute approximate surface area is 125 Å². The minimum atomic E-state index is -0.300. The molecule has 3 nitrogen and oxygen atoms in total. The molecule has 1 aliphatic heterocycles. The Kier molecular flexibility index (Phi) is 3.57. The topological polar surface area (TPSA) is 46.2 Å². The van der Waals surface area contributed by atoms with Crippen LogP contribution in [0.2, 0.25) is 0 Å². The molecule has 1 heterocycles. The zero-order valence-electron chi connectivity index (χ0n) is 10.9. The Hall–Kier alpha value is -1.68. The van der Waals surface area contributed by atoms with Gasteiger partial charge in [-0.15, -0.1) is 0 Å². The second-order valence-corrected chi connectivity index (χ2v) is 5.73. The number of amides is 2. The molecular formula is C16H14BrNO2. The van der Waals surface area contributed by atoms with Gasteiger partial charge in [0.05, 0.1) is 5.56 Å². The molecule has 0 spiro atoms. The van der Waals surface area contributed by atoms with Crippen LogP contribution >= 0.6 is 15.9 Å². The van der Waals surface area contributed by atoms with Gasteiger partial charge in [-0.05, 0) is 36.3 Å². The Balaban J connectivity index is 2.18. The average molecular weight is 332 g/mol. The van der Waals surface area contributed by atoms with Crippen LogP contribution in [-0.2, 0) is 6.42 Å². The van der Waals surface area contributed by atoms with Crippen LogP contribution < -0.4 is 5.32 Å². The van der Waals surface area contributed by atoms with E-state index < -0.39 is 0 Å². The molecule has 0 atom stereocenters. The molecule has 0 unspecified atom stereocenters. The van der Waals surface area contributed by atoms with Crippen LogP contribution in [0.15, 0.2) is 30.3 Å². The lowest BCUT2D eigenvalue weighted by Gasteiger charge is -2.19. The smallest absolute Gasteiger partial charge is 0.259 e. The first-order chi connectivity index (χ1) is 9.72. The van der Waals surface area contributed by atoms with E-state index in [2.05, 4.69) is 21.2 Å². The fourth-order valence-electron chi connectivity index (χ4n) is 2.72. The number of hydrogen-bond acceptors (Lipinski definition) is 2. The van der Waals surface area contributed by atoms with Gasteiger partial charge >= 0.3 is 0 Å². The fraction of sp³-hybridized carbons (Fsp3) is 0.250.